The van der Waals surface area contributed by atoms with E-state index in [4.69, 9.17) is 9.29 Å². The Bertz CT molecular complexity index is 517. The molecule has 0 fully saturated rings. The summed E-state index contributed by atoms with van der Waals surface area (Å²) in [5.41, 5.74) is 0. The molecule has 0 aromatic rings. The molecule has 0 radical (unpaired) electrons. The summed E-state index contributed by atoms with van der Waals surface area (Å²) in [4.78, 5) is 21.7. The highest BCUT2D eigenvalue weighted by Gasteiger charge is 2.35. The first-order valence-electron chi connectivity index (χ1n) is 9.71. The summed E-state index contributed by atoms with van der Waals surface area (Å²) in [7, 11) is -5.18. The lowest BCUT2D eigenvalue weighted by Gasteiger charge is -2.26. The molecular formula is C18H32O8S-2. The van der Waals surface area contributed by atoms with Crippen LogP contribution in [0.5, 0.6) is 0 Å². The van der Waals surface area contributed by atoms with E-state index in [1.807, 2.05) is 0 Å². The van der Waals surface area contributed by atoms with Crippen LogP contribution in [0.15, 0.2) is 0 Å². The van der Waals surface area contributed by atoms with Gasteiger partial charge in [-0.3, -0.25) is 4.55 Å². The van der Waals surface area contributed by atoms with Gasteiger partial charge in [0.1, 0.15) is 6.10 Å². The number of rotatable bonds is 18. The maximum atomic E-state index is 11.0. The van der Waals surface area contributed by atoms with Gasteiger partial charge in [0.25, 0.3) is 10.1 Å². The third-order valence-electron chi connectivity index (χ3n) is 4.36. The summed E-state index contributed by atoms with van der Waals surface area (Å²) >= 11 is 0. The molecular weight excluding hydrogens is 376 g/mol. The zero-order chi connectivity index (χ0) is 20.7. The number of carboxylic acids is 2. The van der Waals surface area contributed by atoms with E-state index in [9.17, 15) is 28.2 Å². The highest BCUT2D eigenvalue weighted by Crippen LogP contribution is 2.13. The molecule has 160 valence electrons. The summed E-state index contributed by atoms with van der Waals surface area (Å²) in [5, 5.41) is 19.0. The van der Waals surface area contributed by atoms with Gasteiger partial charge in [0.15, 0.2) is 5.25 Å². The minimum Gasteiger partial charge on any atom is -0.549 e. The zero-order valence-electron chi connectivity index (χ0n) is 16.1. The minimum atomic E-state index is -5.18. The molecule has 0 aromatic heterocycles. The highest BCUT2D eigenvalue weighted by atomic mass is 32.2. The number of unbranched alkanes of at least 4 members (excludes halogenated alkanes) is 11. The van der Waals surface area contributed by atoms with Gasteiger partial charge in [-0.05, 0) is 6.42 Å². The maximum absolute atomic E-state index is 11.0. The normalized spacial score (nSPS) is 14.0. The first-order valence-corrected chi connectivity index (χ1v) is 11.2. The number of carboxylic acid groups (broad SMARTS) is 2. The zero-order valence-corrected chi connectivity index (χ0v) is 16.9. The van der Waals surface area contributed by atoms with Crippen molar-refractivity contribution in [3.8, 4) is 0 Å². The van der Waals surface area contributed by atoms with Crippen LogP contribution < -0.4 is 10.2 Å². The van der Waals surface area contributed by atoms with Crippen molar-refractivity contribution in [1.82, 2.24) is 0 Å². The van der Waals surface area contributed by atoms with Crippen LogP contribution in [-0.4, -0.2) is 42.9 Å². The van der Waals surface area contributed by atoms with Gasteiger partial charge in [-0.15, -0.1) is 0 Å². The van der Waals surface area contributed by atoms with Gasteiger partial charge in [-0.25, -0.2) is 0 Å². The third kappa shape index (κ3) is 12.8. The van der Waals surface area contributed by atoms with Gasteiger partial charge < -0.3 is 24.5 Å². The van der Waals surface area contributed by atoms with E-state index in [2.05, 4.69) is 6.92 Å². The lowest BCUT2D eigenvalue weighted by molar-refractivity contribution is -0.325. The van der Waals surface area contributed by atoms with E-state index in [1.54, 1.807) is 0 Å². The van der Waals surface area contributed by atoms with Crippen LogP contribution in [0.25, 0.3) is 0 Å². The van der Waals surface area contributed by atoms with Crippen LogP contribution >= 0.6 is 0 Å². The lowest BCUT2D eigenvalue weighted by Crippen LogP contribution is -2.56. The smallest absolute Gasteiger partial charge is 0.276 e. The predicted molar refractivity (Wildman–Crippen MR) is 96.2 cm³/mol. The molecule has 0 heterocycles. The molecule has 0 aliphatic heterocycles. The summed E-state index contributed by atoms with van der Waals surface area (Å²) in [6.45, 7) is 2.05. The molecule has 8 nitrogen and oxygen atoms in total. The Morgan fingerprint density at radius 2 is 1.22 bits per heavy atom. The number of hydrogen-bond donors (Lipinski definition) is 1. The van der Waals surface area contributed by atoms with E-state index in [0.29, 0.717) is 6.42 Å². The van der Waals surface area contributed by atoms with Crippen molar-refractivity contribution in [2.24, 2.45) is 0 Å². The molecule has 27 heavy (non-hydrogen) atoms. The third-order valence-corrected chi connectivity index (χ3v) is 5.44. The monoisotopic (exact) mass is 408 g/mol. The fourth-order valence-electron chi connectivity index (χ4n) is 2.83. The van der Waals surface area contributed by atoms with Crippen LogP contribution in [0, 0.1) is 0 Å². The van der Waals surface area contributed by atoms with Gasteiger partial charge in [-0.2, -0.15) is 8.42 Å². The van der Waals surface area contributed by atoms with Gasteiger partial charge in [0.2, 0.25) is 0 Å². The molecule has 1 N–H and O–H groups in total. The molecule has 0 rings (SSSR count). The average molecular weight is 409 g/mol. The van der Waals surface area contributed by atoms with E-state index in [-0.39, 0.29) is 6.61 Å². The Balaban J connectivity index is 3.88. The Hall–Kier alpha value is -1.19. The molecule has 9 heteroatoms. The Labute approximate surface area is 162 Å². The van der Waals surface area contributed by atoms with Crippen molar-refractivity contribution < 1.29 is 37.5 Å². The summed E-state index contributed by atoms with van der Waals surface area (Å²) in [6, 6.07) is 0. The quantitative estimate of drug-likeness (QED) is 0.259. The van der Waals surface area contributed by atoms with Crippen molar-refractivity contribution in [3.05, 3.63) is 0 Å². The van der Waals surface area contributed by atoms with Gasteiger partial charge in [0.05, 0.1) is 11.9 Å². The van der Waals surface area contributed by atoms with Gasteiger partial charge >= 0.3 is 0 Å². The maximum Gasteiger partial charge on any atom is 0.276 e. The highest BCUT2D eigenvalue weighted by molar-refractivity contribution is 7.87. The minimum absolute atomic E-state index is 0.143. The van der Waals surface area contributed by atoms with Crippen molar-refractivity contribution in [2.45, 2.75) is 95.3 Å². The molecule has 0 amide bonds. The molecule has 0 aliphatic carbocycles. The fourth-order valence-corrected chi connectivity index (χ4v) is 3.58. The molecule has 0 aliphatic rings. The SMILES string of the molecule is CCCCCCCCCCCCCCOC(C(=O)[O-])C(C(=O)[O-])S(=O)(=O)O. The number of aliphatic carboxylic acids is 2. The van der Waals surface area contributed by atoms with Crippen molar-refractivity contribution in [1.29, 1.82) is 0 Å². The largest absolute Gasteiger partial charge is 0.549 e. The van der Waals surface area contributed by atoms with Crippen LogP contribution in [0.1, 0.15) is 84.0 Å². The van der Waals surface area contributed by atoms with E-state index >= 15 is 0 Å². The molecule has 2 unspecified atom stereocenters. The van der Waals surface area contributed by atoms with Gasteiger partial charge in [0, 0.05) is 6.61 Å². The molecule has 0 aromatic carbocycles. The van der Waals surface area contributed by atoms with Crippen LogP contribution in [0.3, 0.4) is 0 Å². The number of carbonyl (C=O) groups excluding carboxylic acids is 2. The summed E-state index contributed by atoms with van der Waals surface area (Å²) in [6.07, 6.45) is 10.8. The number of hydrogen-bond acceptors (Lipinski definition) is 7. The van der Waals surface area contributed by atoms with Crippen molar-refractivity contribution >= 4 is 22.1 Å². The average Bonchev–Trinajstić information content (AvgIpc) is 2.56. The van der Waals surface area contributed by atoms with E-state index < -0.39 is 33.4 Å². The van der Waals surface area contributed by atoms with E-state index in [1.165, 1.54) is 44.9 Å². The molecule has 0 bridgehead atoms. The number of ether oxygens (including phenoxy) is 1. The first kappa shape index (κ1) is 25.8. The van der Waals surface area contributed by atoms with Crippen molar-refractivity contribution in [3.63, 3.8) is 0 Å². The topological polar surface area (TPSA) is 144 Å². The van der Waals surface area contributed by atoms with Crippen LogP contribution in [0.2, 0.25) is 0 Å². The van der Waals surface area contributed by atoms with Crippen molar-refractivity contribution in [2.75, 3.05) is 6.61 Å². The fraction of sp³-hybridized carbons (Fsp3) is 0.889. The molecule has 0 spiro atoms. The molecule has 2 atom stereocenters. The predicted octanol–water partition coefficient (Wildman–Crippen LogP) is 0.829. The second kappa shape index (κ2) is 14.8. The van der Waals surface area contributed by atoms with E-state index in [0.717, 1.165) is 25.7 Å². The summed E-state index contributed by atoms with van der Waals surface area (Å²) < 4.78 is 35.7. The standard InChI is InChI=1S/C18H34O8S/c1-2-3-4-5-6-7-8-9-10-11-12-13-14-26-15(17(19)20)16(18(21)22)27(23,24)25/h15-16H,2-14H2,1H3,(H,19,20)(H,21,22)(H,23,24,25)/p-2. The second-order valence-corrected chi connectivity index (χ2v) is 8.29. The Morgan fingerprint density at radius 3 is 1.56 bits per heavy atom. The Kier molecular flexibility index (Phi) is 14.2. The lowest BCUT2D eigenvalue weighted by atomic mass is 10.1. The Morgan fingerprint density at radius 1 is 0.815 bits per heavy atom. The summed E-state index contributed by atoms with van der Waals surface area (Å²) in [5.74, 6) is -4.28. The molecule has 0 saturated heterocycles. The number of carbonyl (C=O) groups is 2. The second-order valence-electron chi connectivity index (χ2n) is 6.75. The van der Waals surface area contributed by atoms with Crippen LogP contribution in [0.4, 0.5) is 0 Å². The van der Waals surface area contributed by atoms with Crippen LogP contribution in [-0.2, 0) is 24.4 Å². The molecule has 0 saturated carbocycles. The first-order chi connectivity index (χ1) is 12.7. The van der Waals surface area contributed by atoms with Gasteiger partial charge in [-0.1, -0.05) is 77.6 Å².